The van der Waals surface area contributed by atoms with Crippen LogP contribution < -0.4 is 5.32 Å². The molecule has 2 aliphatic carbocycles. The Morgan fingerprint density at radius 2 is 2.00 bits per heavy atom. The van der Waals surface area contributed by atoms with E-state index in [4.69, 9.17) is 0 Å². The maximum atomic E-state index is 12.6. The lowest BCUT2D eigenvalue weighted by molar-refractivity contribution is -0.139. The van der Waals surface area contributed by atoms with Crippen molar-refractivity contribution >= 4 is 11.8 Å². The summed E-state index contributed by atoms with van der Waals surface area (Å²) < 4.78 is 0. The molecule has 1 atom stereocenters. The summed E-state index contributed by atoms with van der Waals surface area (Å²) in [5, 5.41) is 2.96. The van der Waals surface area contributed by atoms with Gasteiger partial charge in [0.15, 0.2) is 0 Å². The van der Waals surface area contributed by atoms with E-state index in [2.05, 4.69) is 5.32 Å². The van der Waals surface area contributed by atoms with Crippen LogP contribution >= 0.6 is 0 Å². The molecule has 0 radical (unpaired) electrons. The second kappa shape index (κ2) is 3.72. The van der Waals surface area contributed by atoms with E-state index in [-0.39, 0.29) is 11.8 Å². The third kappa shape index (κ3) is 2.05. The molecule has 4 nitrogen and oxygen atoms in total. The van der Waals surface area contributed by atoms with Crippen LogP contribution in [-0.2, 0) is 9.59 Å². The summed E-state index contributed by atoms with van der Waals surface area (Å²) in [5.41, 5.74) is -0.623. The van der Waals surface area contributed by atoms with E-state index in [1.807, 2.05) is 11.8 Å². The summed E-state index contributed by atoms with van der Waals surface area (Å²) in [6.45, 7) is 3.37. The number of carbonyl (C=O) groups is 2. The van der Waals surface area contributed by atoms with E-state index in [9.17, 15) is 9.59 Å². The fourth-order valence-corrected chi connectivity index (χ4v) is 2.80. The third-order valence-corrected chi connectivity index (χ3v) is 4.31. The molecule has 2 amide bonds. The minimum atomic E-state index is -0.623. The lowest BCUT2D eigenvalue weighted by Gasteiger charge is -2.32. The average Bonchev–Trinajstić information content (AvgIpc) is 3.14. The molecular formula is C13H20N2O2. The standard InChI is InChI=1S/C13H20N2O2/c1-13(10-4-5-10)12(17)15(8-9-2-3-9)7-6-11(16)14-13/h9-10H,2-8H2,1H3,(H,14,16). The molecular weight excluding hydrogens is 216 g/mol. The van der Waals surface area contributed by atoms with E-state index in [1.54, 1.807) is 0 Å². The van der Waals surface area contributed by atoms with Crippen LogP contribution in [0.1, 0.15) is 39.0 Å². The van der Waals surface area contributed by atoms with Crippen LogP contribution in [0.3, 0.4) is 0 Å². The van der Waals surface area contributed by atoms with E-state index >= 15 is 0 Å². The smallest absolute Gasteiger partial charge is 0.248 e. The summed E-state index contributed by atoms with van der Waals surface area (Å²) in [5.74, 6) is 1.23. The molecule has 1 N–H and O–H groups in total. The fourth-order valence-electron chi connectivity index (χ4n) is 2.80. The molecule has 94 valence electrons. The zero-order valence-electron chi connectivity index (χ0n) is 10.4. The average molecular weight is 236 g/mol. The van der Waals surface area contributed by atoms with Crippen LogP contribution in [0.25, 0.3) is 0 Å². The summed E-state index contributed by atoms with van der Waals surface area (Å²) in [4.78, 5) is 26.2. The highest BCUT2D eigenvalue weighted by molar-refractivity contribution is 5.93. The first kappa shape index (κ1) is 11.1. The summed E-state index contributed by atoms with van der Waals surface area (Å²) in [7, 11) is 0. The van der Waals surface area contributed by atoms with E-state index in [0.717, 1.165) is 19.4 Å². The molecule has 1 saturated heterocycles. The normalized spacial score (nSPS) is 34.5. The molecule has 0 aromatic rings. The van der Waals surface area contributed by atoms with Gasteiger partial charge in [-0.2, -0.15) is 0 Å². The largest absolute Gasteiger partial charge is 0.342 e. The van der Waals surface area contributed by atoms with Crippen molar-refractivity contribution in [2.24, 2.45) is 11.8 Å². The minimum absolute atomic E-state index is 0.0334. The molecule has 3 rings (SSSR count). The molecule has 4 heteroatoms. The van der Waals surface area contributed by atoms with Gasteiger partial charge in [-0.3, -0.25) is 9.59 Å². The zero-order chi connectivity index (χ0) is 12.0. The fraction of sp³-hybridized carbons (Fsp3) is 0.846. The Bertz CT molecular complexity index is 360. The van der Waals surface area contributed by atoms with Gasteiger partial charge in [0.2, 0.25) is 11.8 Å². The first-order valence-electron chi connectivity index (χ1n) is 6.70. The van der Waals surface area contributed by atoms with E-state index < -0.39 is 5.54 Å². The van der Waals surface area contributed by atoms with Crippen LogP contribution in [-0.4, -0.2) is 35.3 Å². The van der Waals surface area contributed by atoms with Crippen molar-refractivity contribution in [1.82, 2.24) is 10.2 Å². The molecule has 1 heterocycles. The Labute approximate surface area is 102 Å². The van der Waals surface area contributed by atoms with Gasteiger partial charge in [-0.05, 0) is 44.4 Å². The second-order valence-electron chi connectivity index (χ2n) is 5.97. The molecule has 3 fully saturated rings. The minimum Gasteiger partial charge on any atom is -0.342 e. The molecule has 0 bridgehead atoms. The van der Waals surface area contributed by atoms with Crippen molar-refractivity contribution in [3.8, 4) is 0 Å². The molecule has 17 heavy (non-hydrogen) atoms. The highest BCUT2D eigenvalue weighted by Gasteiger charge is 2.51. The van der Waals surface area contributed by atoms with Crippen LogP contribution in [0.4, 0.5) is 0 Å². The van der Waals surface area contributed by atoms with Gasteiger partial charge in [0, 0.05) is 19.5 Å². The van der Waals surface area contributed by atoms with Crippen LogP contribution in [0.5, 0.6) is 0 Å². The quantitative estimate of drug-likeness (QED) is 0.792. The molecule has 3 aliphatic rings. The summed E-state index contributed by atoms with van der Waals surface area (Å²) >= 11 is 0. The van der Waals surface area contributed by atoms with Crippen LogP contribution in [0, 0.1) is 11.8 Å². The van der Waals surface area contributed by atoms with Gasteiger partial charge in [0.25, 0.3) is 0 Å². The zero-order valence-corrected chi connectivity index (χ0v) is 10.4. The number of nitrogens with one attached hydrogen (secondary N) is 1. The summed E-state index contributed by atoms with van der Waals surface area (Å²) in [6, 6.07) is 0. The number of hydrogen-bond acceptors (Lipinski definition) is 2. The molecule has 1 unspecified atom stereocenters. The number of carbonyl (C=O) groups excluding carboxylic acids is 2. The lowest BCUT2D eigenvalue weighted by atomic mass is 9.94. The lowest BCUT2D eigenvalue weighted by Crippen LogP contribution is -2.57. The van der Waals surface area contributed by atoms with Gasteiger partial charge in [0.1, 0.15) is 5.54 Å². The van der Waals surface area contributed by atoms with Gasteiger partial charge in [-0.1, -0.05) is 0 Å². The first-order valence-corrected chi connectivity index (χ1v) is 6.70. The second-order valence-corrected chi connectivity index (χ2v) is 5.97. The SMILES string of the molecule is CC1(C2CC2)NC(=O)CCN(CC2CC2)C1=O. The van der Waals surface area contributed by atoms with Crippen molar-refractivity contribution in [2.75, 3.05) is 13.1 Å². The monoisotopic (exact) mass is 236 g/mol. The van der Waals surface area contributed by atoms with Crippen molar-refractivity contribution < 1.29 is 9.59 Å². The van der Waals surface area contributed by atoms with Crippen molar-refractivity contribution in [1.29, 1.82) is 0 Å². The number of hydrogen-bond donors (Lipinski definition) is 1. The third-order valence-electron chi connectivity index (χ3n) is 4.31. The maximum Gasteiger partial charge on any atom is 0.248 e. The van der Waals surface area contributed by atoms with E-state index in [1.165, 1.54) is 12.8 Å². The van der Waals surface area contributed by atoms with E-state index in [0.29, 0.717) is 24.8 Å². The topological polar surface area (TPSA) is 49.4 Å². The molecule has 1 aliphatic heterocycles. The summed E-state index contributed by atoms with van der Waals surface area (Å²) in [6.07, 6.45) is 5.08. The Morgan fingerprint density at radius 1 is 1.29 bits per heavy atom. The van der Waals surface area contributed by atoms with Crippen molar-refractivity contribution in [2.45, 2.75) is 44.6 Å². The number of rotatable bonds is 3. The Hall–Kier alpha value is -1.06. The molecule has 2 saturated carbocycles. The van der Waals surface area contributed by atoms with Gasteiger partial charge in [-0.25, -0.2) is 0 Å². The Balaban J connectivity index is 1.80. The predicted molar refractivity (Wildman–Crippen MR) is 63.2 cm³/mol. The first-order chi connectivity index (χ1) is 8.09. The number of nitrogens with zero attached hydrogens (tertiary/aromatic N) is 1. The van der Waals surface area contributed by atoms with Crippen molar-refractivity contribution in [3.63, 3.8) is 0 Å². The van der Waals surface area contributed by atoms with Gasteiger partial charge in [-0.15, -0.1) is 0 Å². The Kier molecular flexibility index (Phi) is 2.42. The van der Waals surface area contributed by atoms with Gasteiger partial charge < -0.3 is 10.2 Å². The highest BCUT2D eigenvalue weighted by atomic mass is 16.2. The highest BCUT2D eigenvalue weighted by Crippen LogP contribution is 2.42. The Morgan fingerprint density at radius 3 is 2.59 bits per heavy atom. The van der Waals surface area contributed by atoms with Crippen LogP contribution in [0.2, 0.25) is 0 Å². The van der Waals surface area contributed by atoms with Crippen molar-refractivity contribution in [3.05, 3.63) is 0 Å². The number of amides is 2. The molecule has 0 spiro atoms. The predicted octanol–water partition coefficient (Wildman–Crippen LogP) is 0.914. The molecule has 0 aromatic carbocycles. The van der Waals surface area contributed by atoms with Crippen LogP contribution in [0.15, 0.2) is 0 Å². The van der Waals surface area contributed by atoms with Gasteiger partial charge >= 0.3 is 0 Å². The van der Waals surface area contributed by atoms with Gasteiger partial charge in [0.05, 0.1) is 0 Å². The maximum absolute atomic E-state index is 12.6. The molecule has 0 aromatic heterocycles.